The van der Waals surface area contributed by atoms with Crippen LogP contribution in [0.1, 0.15) is 11.3 Å². The molecule has 0 fully saturated rings. The Kier molecular flexibility index (Phi) is 4.31. The van der Waals surface area contributed by atoms with Gasteiger partial charge in [0.2, 0.25) is 0 Å². The Labute approximate surface area is 151 Å². The van der Waals surface area contributed by atoms with Crippen LogP contribution in [0.25, 0.3) is 11.3 Å². The topological polar surface area (TPSA) is 67.6 Å². The van der Waals surface area contributed by atoms with Gasteiger partial charge in [-0.25, -0.2) is 4.79 Å². The maximum atomic E-state index is 12.9. The molecule has 2 amide bonds. The number of para-hydroxylation sites is 1. The third kappa shape index (κ3) is 3.13. The average molecular weight is 349 g/mol. The van der Waals surface area contributed by atoms with Gasteiger partial charge < -0.3 is 19.5 Å². The number of carbonyl (C=O) groups is 1. The highest BCUT2D eigenvalue weighted by molar-refractivity contribution is 5.94. The van der Waals surface area contributed by atoms with Crippen molar-refractivity contribution in [1.29, 1.82) is 0 Å². The number of amides is 2. The summed E-state index contributed by atoms with van der Waals surface area (Å²) in [6, 6.07) is 17.2. The van der Waals surface area contributed by atoms with Crippen LogP contribution >= 0.6 is 0 Å². The number of ether oxygens (including phenoxy) is 1. The predicted molar refractivity (Wildman–Crippen MR) is 98.0 cm³/mol. The summed E-state index contributed by atoms with van der Waals surface area (Å²) >= 11 is 0. The Balaban J connectivity index is 1.57. The second kappa shape index (κ2) is 6.92. The second-order valence-electron chi connectivity index (χ2n) is 6.15. The molecular formula is C20H19N3O3. The standard InChI is InChI=1S/C20H19N3O3/c1-14-18(19(26-22-14)15-7-3-2-4-8-15)21-20(24)23-11-12-25-17-10-6-5-9-16(17)13-23/h2-10H,11-13H2,1H3,(H,21,24). The highest BCUT2D eigenvalue weighted by Crippen LogP contribution is 2.31. The summed E-state index contributed by atoms with van der Waals surface area (Å²) < 4.78 is 11.2. The lowest BCUT2D eigenvalue weighted by Gasteiger charge is -2.20. The average Bonchev–Trinajstić information content (AvgIpc) is 2.90. The van der Waals surface area contributed by atoms with E-state index >= 15 is 0 Å². The van der Waals surface area contributed by atoms with Crippen molar-refractivity contribution < 1.29 is 14.1 Å². The van der Waals surface area contributed by atoms with Crippen molar-refractivity contribution in [2.45, 2.75) is 13.5 Å². The molecule has 0 saturated carbocycles. The van der Waals surface area contributed by atoms with Crippen molar-refractivity contribution >= 4 is 11.7 Å². The number of urea groups is 1. The number of rotatable bonds is 2. The van der Waals surface area contributed by atoms with Crippen LogP contribution in [0, 0.1) is 6.92 Å². The fraction of sp³-hybridized carbons (Fsp3) is 0.200. The molecule has 0 unspecified atom stereocenters. The molecular weight excluding hydrogens is 330 g/mol. The lowest BCUT2D eigenvalue weighted by Crippen LogP contribution is -2.36. The quantitative estimate of drug-likeness (QED) is 0.757. The van der Waals surface area contributed by atoms with Gasteiger partial charge in [-0.05, 0) is 13.0 Å². The van der Waals surface area contributed by atoms with Crippen LogP contribution < -0.4 is 10.1 Å². The number of aromatic nitrogens is 1. The Morgan fingerprint density at radius 1 is 1.12 bits per heavy atom. The lowest BCUT2D eigenvalue weighted by molar-refractivity contribution is 0.200. The van der Waals surface area contributed by atoms with Crippen molar-refractivity contribution in [1.82, 2.24) is 10.1 Å². The summed E-state index contributed by atoms with van der Waals surface area (Å²) in [5, 5.41) is 6.97. The van der Waals surface area contributed by atoms with Crippen molar-refractivity contribution in [2.24, 2.45) is 0 Å². The highest BCUT2D eigenvalue weighted by Gasteiger charge is 2.23. The molecule has 0 spiro atoms. The second-order valence-corrected chi connectivity index (χ2v) is 6.15. The maximum absolute atomic E-state index is 12.9. The minimum absolute atomic E-state index is 0.200. The highest BCUT2D eigenvalue weighted by atomic mass is 16.5. The number of benzene rings is 2. The zero-order valence-corrected chi connectivity index (χ0v) is 14.4. The van der Waals surface area contributed by atoms with Gasteiger partial charge in [0.25, 0.3) is 0 Å². The molecule has 1 N–H and O–H groups in total. The van der Waals surface area contributed by atoms with E-state index in [4.69, 9.17) is 9.26 Å². The number of nitrogens with zero attached hydrogens (tertiary/aromatic N) is 2. The van der Waals surface area contributed by atoms with E-state index in [0.717, 1.165) is 16.9 Å². The van der Waals surface area contributed by atoms with Gasteiger partial charge in [0.05, 0.1) is 13.1 Å². The SMILES string of the molecule is Cc1noc(-c2ccccc2)c1NC(=O)N1CCOc2ccccc2C1. The van der Waals surface area contributed by atoms with Crippen molar-refractivity contribution in [3.63, 3.8) is 0 Å². The summed E-state index contributed by atoms with van der Waals surface area (Å²) in [7, 11) is 0. The fourth-order valence-corrected chi connectivity index (χ4v) is 2.99. The zero-order valence-electron chi connectivity index (χ0n) is 14.4. The monoisotopic (exact) mass is 349 g/mol. The van der Waals surface area contributed by atoms with Gasteiger partial charge >= 0.3 is 6.03 Å². The molecule has 1 aliphatic heterocycles. The summed E-state index contributed by atoms with van der Waals surface area (Å²) in [6.07, 6.45) is 0. The normalized spacial score (nSPS) is 13.5. The van der Waals surface area contributed by atoms with Crippen molar-refractivity contribution in [3.8, 4) is 17.1 Å². The van der Waals surface area contributed by atoms with E-state index < -0.39 is 0 Å². The van der Waals surface area contributed by atoms with Crippen LogP contribution in [0.2, 0.25) is 0 Å². The molecule has 4 rings (SSSR count). The first-order valence-corrected chi connectivity index (χ1v) is 8.50. The van der Waals surface area contributed by atoms with E-state index in [1.54, 1.807) is 4.90 Å². The molecule has 26 heavy (non-hydrogen) atoms. The van der Waals surface area contributed by atoms with E-state index in [2.05, 4.69) is 10.5 Å². The fourth-order valence-electron chi connectivity index (χ4n) is 2.99. The molecule has 0 bridgehead atoms. The van der Waals surface area contributed by atoms with Gasteiger partial charge in [-0.2, -0.15) is 0 Å². The summed E-state index contributed by atoms with van der Waals surface area (Å²) in [6.45, 7) is 3.27. The Bertz CT molecular complexity index is 921. The molecule has 6 heteroatoms. The van der Waals surface area contributed by atoms with Gasteiger partial charge in [0.1, 0.15) is 23.7 Å². The minimum Gasteiger partial charge on any atom is -0.491 e. The van der Waals surface area contributed by atoms with E-state index in [0.29, 0.717) is 36.8 Å². The third-order valence-electron chi connectivity index (χ3n) is 4.37. The smallest absolute Gasteiger partial charge is 0.322 e. The molecule has 3 aromatic rings. The van der Waals surface area contributed by atoms with Gasteiger partial charge in [0, 0.05) is 11.1 Å². The summed E-state index contributed by atoms with van der Waals surface area (Å²) in [4.78, 5) is 14.6. The predicted octanol–water partition coefficient (Wildman–Crippen LogP) is 4.08. The van der Waals surface area contributed by atoms with Crippen LogP contribution in [0.4, 0.5) is 10.5 Å². The molecule has 1 aromatic heterocycles. The van der Waals surface area contributed by atoms with E-state index in [-0.39, 0.29) is 6.03 Å². The molecule has 0 aliphatic carbocycles. The minimum atomic E-state index is -0.200. The van der Waals surface area contributed by atoms with Crippen LogP contribution in [-0.4, -0.2) is 29.2 Å². The Morgan fingerprint density at radius 2 is 1.88 bits per heavy atom. The van der Waals surface area contributed by atoms with Crippen LogP contribution in [0.5, 0.6) is 5.75 Å². The summed E-state index contributed by atoms with van der Waals surface area (Å²) in [5.74, 6) is 1.39. The van der Waals surface area contributed by atoms with Gasteiger partial charge in [0.15, 0.2) is 5.76 Å². The maximum Gasteiger partial charge on any atom is 0.322 e. The van der Waals surface area contributed by atoms with Crippen molar-refractivity contribution in [2.75, 3.05) is 18.5 Å². The number of aryl methyl sites for hydroxylation is 1. The van der Waals surface area contributed by atoms with Crippen LogP contribution in [0.3, 0.4) is 0 Å². The first-order chi connectivity index (χ1) is 12.7. The van der Waals surface area contributed by atoms with Gasteiger partial charge in [-0.1, -0.05) is 53.7 Å². The molecule has 2 aromatic carbocycles. The van der Waals surface area contributed by atoms with Crippen LogP contribution in [0.15, 0.2) is 59.1 Å². The number of hydrogen-bond acceptors (Lipinski definition) is 4. The number of anilines is 1. The van der Waals surface area contributed by atoms with Gasteiger partial charge in [-0.3, -0.25) is 0 Å². The number of fused-ring (bicyclic) bond motifs is 1. The van der Waals surface area contributed by atoms with Crippen molar-refractivity contribution in [3.05, 3.63) is 65.9 Å². The first-order valence-electron chi connectivity index (χ1n) is 8.50. The molecule has 132 valence electrons. The Morgan fingerprint density at radius 3 is 2.73 bits per heavy atom. The van der Waals surface area contributed by atoms with Crippen LogP contribution in [-0.2, 0) is 6.54 Å². The van der Waals surface area contributed by atoms with E-state index in [9.17, 15) is 4.79 Å². The van der Waals surface area contributed by atoms with E-state index in [1.165, 1.54) is 0 Å². The molecule has 0 saturated heterocycles. The molecule has 0 atom stereocenters. The first kappa shape index (κ1) is 16.2. The number of carbonyl (C=O) groups excluding carboxylic acids is 1. The molecule has 2 heterocycles. The summed E-state index contributed by atoms with van der Waals surface area (Å²) in [5.41, 5.74) is 3.10. The van der Waals surface area contributed by atoms with Gasteiger partial charge in [-0.15, -0.1) is 0 Å². The molecule has 1 aliphatic rings. The third-order valence-corrected chi connectivity index (χ3v) is 4.37. The number of hydrogen-bond donors (Lipinski definition) is 1. The largest absolute Gasteiger partial charge is 0.491 e. The lowest BCUT2D eigenvalue weighted by atomic mass is 10.1. The Hall–Kier alpha value is -3.28. The van der Waals surface area contributed by atoms with E-state index in [1.807, 2.05) is 61.5 Å². The number of nitrogens with one attached hydrogen (secondary N) is 1. The molecule has 0 radical (unpaired) electrons. The molecule has 6 nitrogen and oxygen atoms in total. The zero-order chi connectivity index (χ0) is 17.9.